The fourth-order valence-electron chi connectivity index (χ4n) is 2.34. The number of imidazole rings is 1. The SMILES string of the molecule is COCc1nc2ccc(NC(=O)Cc3ccc(Cl)cc3)cc2[nH]1. The molecule has 1 aromatic heterocycles. The first-order chi connectivity index (χ1) is 11.1. The second kappa shape index (κ2) is 6.81. The highest BCUT2D eigenvalue weighted by atomic mass is 35.5. The van der Waals surface area contributed by atoms with E-state index >= 15 is 0 Å². The summed E-state index contributed by atoms with van der Waals surface area (Å²) in [5.41, 5.74) is 3.34. The van der Waals surface area contributed by atoms with Crippen molar-refractivity contribution in [1.82, 2.24) is 9.97 Å². The standard InChI is InChI=1S/C17H16ClN3O2/c1-23-10-16-20-14-7-6-13(9-15(14)21-16)19-17(22)8-11-2-4-12(18)5-3-11/h2-7,9H,8,10H2,1H3,(H,19,22)(H,20,21). The van der Waals surface area contributed by atoms with E-state index in [0.29, 0.717) is 18.1 Å². The van der Waals surface area contributed by atoms with Crippen molar-refractivity contribution < 1.29 is 9.53 Å². The Morgan fingerprint density at radius 2 is 2.04 bits per heavy atom. The first-order valence-corrected chi connectivity index (χ1v) is 7.54. The Balaban J connectivity index is 1.70. The maximum absolute atomic E-state index is 12.1. The summed E-state index contributed by atoms with van der Waals surface area (Å²) in [7, 11) is 1.62. The molecule has 0 bridgehead atoms. The third kappa shape index (κ3) is 3.88. The van der Waals surface area contributed by atoms with Gasteiger partial charge in [-0.05, 0) is 35.9 Å². The molecule has 0 atom stereocenters. The van der Waals surface area contributed by atoms with Crippen LogP contribution in [0.2, 0.25) is 5.02 Å². The minimum absolute atomic E-state index is 0.0803. The van der Waals surface area contributed by atoms with Crippen LogP contribution in [0.5, 0.6) is 0 Å². The Kier molecular flexibility index (Phi) is 4.60. The molecule has 0 unspecified atom stereocenters. The number of aromatic nitrogens is 2. The molecule has 0 saturated carbocycles. The number of aromatic amines is 1. The highest BCUT2D eigenvalue weighted by molar-refractivity contribution is 6.30. The van der Waals surface area contributed by atoms with Gasteiger partial charge in [-0.3, -0.25) is 4.79 Å². The summed E-state index contributed by atoms with van der Waals surface area (Å²) < 4.78 is 5.05. The first kappa shape index (κ1) is 15.5. The van der Waals surface area contributed by atoms with Crippen LogP contribution in [0.15, 0.2) is 42.5 Å². The molecule has 0 aliphatic rings. The summed E-state index contributed by atoms with van der Waals surface area (Å²) in [5, 5.41) is 3.55. The van der Waals surface area contributed by atoms with Gasteiger partial charge in [-0.15, -0.1) is 0 Å². The number of hydrogen-bond acceptors (Lipinski definition) is 3. The fraction of sp³-hybridized carbons (Fsp3) is 0.176. The lowest BCUT2D eigenvalue weighted by atomic mass is 10.1. The molecule has 1 heterocycles. The quantitative estimate of drug-likeness (QED) is 0.752. The number of halogens is 1. The molecule has 2 aromatic carbocycles. The van der Waals surface area contributed by atoms with E-state index < -0.39 is 0 Å². The minimum Gasteiger partial charge on any atom is -0.377 e. The van der Waals surface area contributed by atoms with Crippen LogP contribution in [0, 0.1) is 0 Å². The molecule has 6 heteroatoms. The van der Waals surface area contributed by atoms with E-state index in [0.717, 1.165) is 28.1 Å². The summed E-state index contributed by atoms with van der Waals surface area (Å²) in [5.74, 6) is 0.676. The maximum atomic E-state index is 12.1. The highest BCUT2D eigenvalue weighted by Crippen LogP contribution is 2.18. The predicted molar refractivity (Wildman–Crippen MR) is 90.6 cm³/mol. The number of hydrogen-bond donors (Lipinski definition) is 2. The van der Waals surface area contributed by atoms with E-state index in [2.05, 4.69) is 15.3 Å². The molecule has 118 valence electrons. The molecule has 0 saturated heterocycles. The Labute approximate surface area is 138 Å². The Bertz CT molecular complexity index is 827. The highest BCUT2D eigenvalue weighted by Gasteiger charge is 2.07. The fourth-order valence-corrected chi connectivity index (χ4v) is 2.46. The number of methoxy groups -OCH3 is 1. The Morgan fingerprint density at radius 3 is 2.78 bits per heavy atom. The third-order valence-corrected chi connectivity index (χ3v) is 3.63. The van der Waals surface area contributed by atoms with Crippen LogP contribution in [0.1, 0.15) is 11.4 Å². The number of rotatable bonds is 5. The number of ether oxygens (including phenoxy) is 1. The number of H-pyrrole nitrogens is 1. The molecule has 5 nitrogen and oxygen atoms in total. The van der Waals surface area contributed by atoms with Crippen LogP contribution in [0.25, 0.3) is 11.0 Å². The summed E-state index contributed by atoms with van der Waals surface area (Å²) >= 11 is 5.84. The maximum Gasteiger partial charge on any atom is 0.228 e. The molecule has 23 heavy (non-hydrogen) atoms. The van der Waals surface area contributed by atoms with Gasteiger partial charge in [-0.25, -0.2) is 4.98 Å². The van der Waals surface area contributed by atoms with E-state index in [1.165, 1.54) is 0 Å². The lowest BCUT2D eigenvalue weighted by molar-refractivity contribution is -0.115. The topological polar surface area (TPSA) is 67.0 Å². The van der Waals surface area contributed by atoms with E-state index in [4.69, 9.17) is 16.3 Å². The lowest BCUT2D eigenvalue weighted by Gasteiger charge is -2.05. The van der Waals surface area contributed by atoms with Gasteiger partial charge >= 0.3 is 0 Å². The molecular weight excluding hydrogens is 314 g/mol. The average molecular weight is 330 g/mol. The molecule has 1 amide bonds. The number of fused-ring (bicyclic) bond motifs is 1. The molecule has 0 radical (unpaired) electrons. The van der Waals surface area contributed by atoms with E-state index in [1.54, 1.807) is 19.2 Å². The van der Waals surface area contributed by atoms with Crippen molar-refractivity contribution in [1.29, 1.82) is 0 Å². The van der Waals surface area contributed by atoms with Crippen molar-refractivity contribution in [3.8, 4) is 0 Å². The van der Waals surface area contributed by atoms with Gasteiger partial charge in [-0.1, -0.05) is 23.7 Å². The van der Waals surface area contributed by atoms with Crippen LogP contribution in [-0.4, -0.2) is 23.0 Å². The second-order valence-electron chi connectivity index (χ2n) is 5.20. The van der Waals surface area contributed by atoms with Gasteiger partial charge in [-0.2, -0.15) is 0 Å². The van der Waals surface area contributed by atoms with Gasteiger partial charge in [0.2, 0.25) is 5.91 Å². The van der Waals surface area contributed by atoms with Crippen LogP contribution in [-0.2, 0) is 22.6 Å². The molecule has 0 spiro atoms. The number of benzene rings is 2. The van der Waals surface area contributed by atoms with Crippen molar-refractivity contribution in [2.75, 3.05) is 12.4 Å². The summed E-state index contributed by atoms with van der Waals surface area (Å²) in [6, 6.07) is 12.8. The second-order valence-corrected chi connectivity index (χ2v) is 5.64. The van der Waals surface area contributed by atoms with Crippen LogP contribution in [0.4, 0.5) is 5.69 Å². The number of anilines is 1. The van der Waals surface area contributed by atoms with E-state index in [9.17, 15) is 4.79 Å². The van der Waals surface area contributed by atoms with Crippen LogP contribution < -0.4 is 5.32 Å². The Morgan fingerprint density at radius 1 is 1.26 bits per heavy atom. The zero-order valence-corrected chi connectivity index (χ0v) is 13.4. The molecule has 0 aliphatic heterocycles. The summed E-state index contributed by atoms with van der Waals surface area (Å²) in [6.45, 7) is 0.424. The monoisotopic (exact) mass is 329 g/mol. The molecule has 3 rings (SSSR count). The van der Waals surface area contributed by atoms with Crippen molar-refractivity contribution in [3.63, 3.8) is 0 Å². The number of carbonyl (C=O) groups excluding carboxylic acids is 1. The normalized spacial score (nSPS) is 10.9. The molecule has 3 aromatic rings. The first-order valence-electron chi connectivity index (χ1n) is 7.16. The molecule has 0 aliphatic carbocycles. The van der Waals surface area contributed by atoms with Crippen LogP contribution >= 0.6 is 11.6 Å². The number of carbonyl (C=O) groups is 1. The van der Waals surface area contributed by atoms with Gasteiger partial charge < -0.3 is 15.0 Å². The van der Waals surface area contributed by atoms with E-state index in [-0.39, 0.29) is 5.91 Å². The predicted octanol–water partition coefficient (Wildman–Crippen LogP) is 3.54. The number of nitrogens with one attached hydrogen (secondary N) is 2. The average Bonchev–Trinajstić information content (AvgIpc) is 2.91. The smallest absolute Gasteiger partial charge is 0.228 e. The molecule has 0 fully saturated rings. The van der Waals surface area contributed by atoms with Crippen LogP contribution in [0.3, 0.4) is 0 Å². The van der Waals surface area contributed by atoms with Gasteiger partial charge in [0.15, 0.2) is 0 Å². The lowest BCUT2D eigenvalue weighted by Crippen LogP contribution is -2.14. The van der Waals surface area contributed by atoms with E-state index in [1.807, 2.05) is 30.3 Å². The van der Waals surface area contributed by atoms with Crippen molar-refractivity contribution in [2.24, 2.45) is 0 Å². The van der Waals surface area contributed by atoms with Gasteiger partial charge in [0.25, 0.3) is 0 Å². The number of amides is 1. The molecule has 2 N–H and O–H groups in total. The van der Waals surface area contributed by atoms with Gasteiger partial charge in [0.05, 0.1) is 17.5 Å². The van der Waals surface area contributed by atoms with Crippen molar-refractivity contribution in [2.45, 2.75) is 13.0 Å². The zero-order valence-electron chi connectivity index (χ0n) is 12.6. The summed E-state index contributed by atoms with van der Waals surface area (Å²) in [4.78, 5) is 19.7. The molecular formula is C17H16ClN3O2. The van der Waals surface area contributed by atoms with Gasteiger partial charge in [0.1, 0.15) is 12.4 Å². The van der Waals surface area contributed by atoms with Gasteiger partial charge in [0, 0.05) is 17.8 Å². The largest absolute Gasteiger partial charge is 0.377 e. The summed E-state index contributed by atoms with van der Waals surface area (Å²) in [6.07, 6.45) is 0.299. The minimum atomic E-state index is -0.0803. The Hall–Kier alpha value is -2.37. The number of nitrogens with zero attached hydrogens (tertiary/aromatic N) is 1. The van der Waals surface area contributed by atoms with Crippen molar-refractivity contribution in [3.05, 3.63) is 58.9 Å². The third-order valence-electron chi connectivity index (χ3n) is 3.37. The zero-order chi connectivity index (χ0) is 16.2. The van der Waals surface area contributed by atoms with Crippen molar-refractivity contribution >= 4 is 34.2 Å².